The van der Waals surface area contributed by atoms with Gasteiger partial charge in [-0.1, -0.05) is 6.07 Å². The molecule has 0 saturated carbocycles. The van der Waals surface area contributed by atoms with Crippen LogP contribution in [0.1, 0.15) is 18.2 Å². The zero-order valence-corrected chi connectivity index (χ0v) is 17.8. The maximum absolute atomic E-state index is 5.56. The largest absolute Gasteiger partial charge is 0.493 e. The number of nitrogens with zero attached hydrogens (tertiary/aromatic N) is 3. The van der Waals surface area contributed by atoms with E-state index in [1.807, 2.05) is 19.2 Å². The maximum Gasteiger partial charge on any atom is 0.203 e. The van der Waals surface area contributed by atoms with E-state index < -0.39 is 0 Å². The molecule has 1 aromatic heterocycles. The summed E-state index contributed by atoms with van der Waals surface area (Å²) < 4.78 is 18.5. The molecule has 7 nitrogen and oxygen atoms in total. The Labute approximate surface area is 167 Å². The fourth-order valence-corrected chi connectivity index (χ4v) is 3.09. The number of benzene rings is 1. The minimum absolute atomic E-state index is 0.610. The molecule has 0 aliphatic rings. The van der Waals surface area contributed by atoms with E-state index in [0.717, 1.165) is 31.0 Å². The van der Waals surface area contributed by atoms with Crippen molar-refractivity contribution in [3.63, 3.8) is 0 Å². The first-order chi connectivity index (χ1) is 13.5. The Morgan fingerprint density at radius 2 is 1.86 bits per heavy atom. The highest BCUT2D eigenvalue weighted by Gasteiger charge is 2.15. The van der Waals surface area contributed by atoms with Crippen molar-refractivity contribution in [1.82, 2.24) is 14.8 Å². The molecular weight excluding hydrogens is 356 g/mol. The van der Waals surface area contributed by atoms with Crippen molar-refractivity contribution in [2.24, 2.45) is 12.0 Å². The Bertz CT molecular complexity index is 786. The molecule has 28 heavy (non-hydrogen) atoms. The van der Waals surface area contributed by atoms with Crippen LogP contribution in [0.2, 0.25) is 0 Å². The van der Waals surface area contributed by atoms with Crippen LogP contribution in [-0.2, 0) is 20.0 Å². The molecule has 0 aliphatic carbocycles. The Balaban J connectivity index is 2.12. The van der Waals surface area contributed by atoms with E-state index in [4.69, 9.17) is 19.2 Å². The van der Waals surface area contributed by atoms with Gasteiger partial charge in [0.25, 0.3) is 0 Å². The molecule has 0 fully saturated rings. The van der Waals surface area contributed by atoms with Gasteiger partial charge in [0.05, 0.1) is 27.9 Å². The van der Waals surface area contributed by atoms with E-state index in [0.29, 0.717) is 23.8 Å². The lowest BCUT2D eigenvalue weighted by Gasteiger charge is -2.22. The van der Waals surface area contributed by atoms with Gasteiger partial charge in [-0.3, -0.25) is 4.99 Å². The molecule has 7 heteroatoms. The number of hydrogen-bond donors (Lipinski definition) is 1. The molecule has 0 saturated heterocycles. The van der Waals surface area contributed by atoms with Crippen LogP contribution < -0.4 is 19.5 Å². The molecule has 0 aliphatic heterocycles. The number of aliphatic imine (C=N–C) groups is 1. The predicted molar refractivity (Wildman–Crippen MR) is 113 cm³/mol. The van der Waals surface area contributed by atoms with Gasteiger partial charge in [0, 0.05) is 44.6 Å². The molecule has 0 radical (unpaired) electrons. The Hall–Kier alpha value is -2.83. The average Bonchev–Trinajstić information content (AvgIpc) is 3.10. The van der Waals surface area contributed by atoms with Crippen LogP contribution in [0.25, 0.3) is 0 Å². The highest BCUT2D eigenvalue weighted by atomic mass is 16.5. The lowest BCUT2D eigenvalue weighted by molar-refractivity contribution is 0.322. The average molecular weight is 389 g/mol. The molecule has 1 heterocycles. The molecule has 0 spiro atoms. The van der Waals surface area contributed by atoms with Gasteiger partial charge < -0.3 is 29.0 Å². The molecule has 1 aromatic carbocycles. The number of ether oxygens (including phenoxy) is 3. The highest BCUT2D eigenvalue weighted by molar-refractivity contribution is 5.79. The number of hydrogen-bond acceptors (Lipinski definition) is 4. The Kier molecular flexibility index (Phi) is 8.04. The number of nitrogens with one attached hydrogen (secondary N) is 1. The first kappa shape index (κ1) is 21.5. The van der Waals surface area contributed by atoms with Gasteiger partial charge in [0.2, 0.25) is 5.75 Å². The molecule has 154 valence electrons. The number of rotatable bonds is 9. The van der Waals surface area contributed by atoms with Crippen LogP contribution in [-0.4, -0.2) is 56.9 Å². The quantitative estimate of drug-likeness (QED) is 0.529. The Morgan fingerprint density at radius 3 is 2.43 bits per heavy atom. The predicted octanol–water partition coefficient (Wildman–Crippen LogP) is 2.69. The molecule has 0 unspecified atom stereocenters. The zero-order chi connectivity index (χ0) is 20.5. The normalized spacial score (nSPS) is 11.3. The van der Waals surface area contributed by atoms with E-state index in [9.17, 15) is 0 Å². The van der Waals surface area contributed by atoms with E-state index in [1.165, 1.54) is 5.69 Å². The van der Waals surface area contributed by atoms with Crippen molar-refractivity contribution in [1.29, 1.82) is 0 Å². The monoisotopic (exact) mass is 388 g/mol. The van der Waals surface area contributed by atoms with Gasteiger partial charge in [-0.2, -0.15) is 0 Å². The molecule has 0 amide bonds. The first-order valence-electron chi connectivity index (χ1n) is 9.43. The molecule has 0 atom stereocenters. The summed E-state index contributed by atoms with van der Waals surface area (Å²) in [6.45, 7) is 4.31. The van der Waals surface area contributed by atoms with Crippen LogP contribution in [0, 0.1) is 0 Å². The second-order valence-corrected chi connectivity index (χ2v) is 6.45. The van der Waals surface area contributed by atoms with Crippen LogP contribution in [0.3, 0.4) is 0 Å². The first-order valence-corrected chi connectivity index (χ1v) is 9.43. The number of methoxy groups -OCH3 is 3. The lowest BCUT2D eigenvalue weighted by Crippen LogP contribution is -2.39. The summed E-state index contributed by atoms with van der Waals surface area (Å²) in [4.78, 5) is 6.92. The summed E-state index contributed by atoms with van der Waals surface area (Å²) in [5.74, 6) is 2.84. The second-order valence-electron chi connectivity index (χ2n) is 6.45. The van der Waals surface area contributed by atoms with Gasteiger partial charge in [0.15, 0.2) is 17.5 Å². The van der Waals surface area contributed by atoms with Crippen LogP contribution in [0.15, 0.2) is 35.5 Å². The number of aryl methyl sites for hydroxylation is 1. The fraction of sp³-hybridized carbons (Fsp3) is 0.476. The third-order valence-electron chi connectivity index (χ3n) is 4.58. The fourth-order valence-electron chi connectivity index (χ4n) is 3.09. The standard InChI is InChI=1S/C21H32N4O3/c1-7-22-21(25(3)15-17-9-8-14-24(17)2)23-13-12-16-10-11-18(26-4)20(28-6)19(16)27-5/h8-11,14H,7,12-13,15H2,1-6H3,(H,22,23). The lowest BCUT2D eigenvalue weighted by atomic mass is 10.1. The smallest absolute Gasteiger partial charge is 0.203 e. The molecule has 1 N–H and O–H groups in total. The molecule has 2 rings (SSSR count). The summed E-state index contributed by atoms with van der Waals surface area (Å²) in [7, 11) is 8.97. The molecular formula is C21H32N4O3. The van der Waals surface area contributed by atoms with Gasteiger partial charge in [-0.25, -0.2) is 0 Å². The topological polar surface area (TPSA) is 60.3 Å². The summed E-state index contributed by atoms with van der Waals surface area (Å²) in [5.41, 5.74) is 2.26. The van der Waals surface area contributed by atoms with Crippen molar-refractivity contribution in [2.45, 2.75) is 19.9 Å². The third kappa shape index (κ3) is 5.12. The summed E-state index contributed by atoms with van der Waals surface area (Å²) >= 11 is 0. The molecule has 0 bridgehead atoms. The van der Waals surface area contributed by atoms with E-state index in [2.05, 4.69) is 47.1 Å². The zero-order valence-electron chi connectivity index (χ0n) is 17.8. The second kappa shape index (κ2) is 10.5. The number of aromatic nitrogens is 1. The van der Waals surface area contributed by atoms with E-state index in [1.54, 1.807) is 21.3 Å². The number of guanidine groups is 1. The highest BCUT2D eigenvalue weighted by Crippen LogP contribution is 2.39. The maximum atomic E-state index is 5.56. The van der Waals surface area contributed by atoms with Gasteiger partial charge in [-0.15, -0.1) is 0 Å². The third-order valence-corrected chi connectivity index (χ3v) is 4.58. The van der Waals surface area contributed by atoms with Gasteiger partial charge in [-0.05, 0) is 31.5 Å². The van der Waals surface area contributed by atoms with E-state index in [-0.39, 0.29) is 0 Å². The summed E-state index contributed by atoms with van der Waals surface area (Å²) in [6, 6.07) is 8.06. The van der Waals surface area contributed by atoms with Crippen LogP contribution in [0.5, 0.6) is 17.2 Å². The van der Waals surface area contributed by atoms with E-state index >= 15 is 0 Å². The van der Waals surface area contributed by atoms with Crippen molar-refractivity contribution in [3.05, 3.63) is 41.7 Å². The van der Waals surface area contributed by atoms with Crippen molar-refractivity contribution in [3.8, 4) is 17.2 Å². The van der Waals surface area contributed by atoms with Crippen LogP contribution >= 0.6 is 0 Å². The van der Waals surface area contributed by atoms with Crippen molar-refractivity contribution in [2.75, 3.05) is 41.5 Å². The van der Waals surface area contributed by atoms with Gasteiger partial charge in [0.1, 0.15) is 0 Å². The minimum Gasteiger partial charge on any atom is -0.493 e. The van der Waals surface area contributed by atoms with Crippen molar-refractivity contribution >= 4 is 5.96 Å². The van der Waals surface area contributed by atoms with Crippen molar-refractivity contribution < 1.29 is 14.2 Å². The summed E-state index contributed by atoms with van der Waals surface area (Å²) in [6.07, 6.45) is 2.78. The Morgan fingerprint density at radius 1 is 1.11 bits per heavy atom. The SMILES string of the molecule is CCNC(=NCCc1ccc(OC)c(OC)c1OC)N(C)Cc1cccn1C. The summed E-state index contributed by atoms with van der Waals surface area (Å²) in [5, 5.41) is 3.36. The van der Waals surface area contributed by atoms with Crippen LogP contribution in [0.4, 0.5) is 0 Å². The minimum atomic E-state index is 0.610. The van der Waals surface area contributed by atoms with Gasteiger partial charge >= 0.3 is 0 Å². The molecule has 2 aromatic rings.